The van der Waals surface area contributed by atoms with Crippen LogP contribution in [0.2, 0.25) is 0 Å². The molecule has 23 heavy (non-hydrogen) atoms. The predicted octanol–water partition coefficient (Wildman–Crippen LogP) is 1.48. The third kappa shape index (κ3) is 3.23. The number of ether oxygens (including phenoxy) is 2. The van der Waals surface area contributed by atoms with Gasteiger partial charge in [0.25, 0.3) is 5.91 Å². The van der Waals surface area contributed by atoms with Gasteiger partial charge in [0.05, 0.1) is 0 Å². The molecule has 0 bridgehead atoms. The van der Waals surface area contributed by atoms with Crippen LogP contribution in [0.1, 0.15) is 16.2 Å². The normalized spacial score (nSPS) is 13.5. The molecule has 1 aliphatic rings. The lowest BCUT2D eigenvalue weighted by Crippen LogP contribution is -2.21. The van der Waals surface area contributed by atoms with Gasteiger partial charge in [0.2, 0.25) is 11.5 Å². The van der Waals surface area contributed by atoms with Gasteiger partial charge in [-0.25, -0.2) is 4.98 Å². The molecule has 7 heteroatoms. The molecule has 1 N–H and O–H groups in total. The molecule has 1 aromatic carbocycles. The first-order chi connectivity index (χ1) is 11.1. The van der Waals surface area contributed by atoms with E-state index in [1.54, 1.807) is 48.3 Å². The van der Waals surface area contributed by atoms with E-state index in [-0.39, 0.29) is 11.5 Å². The Kier molecular flexibility index (Phi) is 4.09. The summed E-state index contributed by atoms with van der Waals surface area (Å²) in [5.74, 6) is -0.0842. The standard InChI is InChI=1S/C16H15N3O4/c1-19-7-6-17-15(19)14(20)11-2-4-12(5-3-11)18-16(21)13-10-22-8-9-23-13/h2-7,10H,8-9H2,1H3,(H,18,21). The van der Waals surface area contributed by atoms with Gasteiger partial charge in [-0.3, -0.25) is 9.59 Å². The van der Waals surface area contributed by atoms with Gasteiger partial charge in [0, 0.05) is 30.7 Å². The Labute approximate surface area is 132 Å². The molecule has 0 radical (unpaired) electrons. The lowest BCUT2D eigenvalue weighted by molar-refractivity contribution is -0.117. The second-order valence-corrected chi connectivity index (χ2v) is 4.92. The first-order valence-corrected chi connectivity index (χ1v) is 7.03. The van der Waals surface area contributed by atoms with Gasteiger partial charge in [0.1, 0.15) is 19.5 Å². The van der Waals surface area contributed by atoms with E-state index >= 15 is 0 Å². The molecule has 0 atom stereocenters. The second-order valence-electron chi connectivity index (χ2n) is 4.92. The predicted molar refractivity (Wildman–Crippen MR) is 81.7 cm³/mol. The fraction of sp³-hybridized carbons (Fsp3) is 0.188. The molecule has 1 aliphatic heterocycles. The van der Waals surface area contributed by atoms with Crippen molar-refractivity contribution in [1.29, 1.82) is 0 Å². The fourth-order valence-electron chi connectivity index (χ4n) is 2.10. The summed E-state index contributed by atoms with van der Waals surface area (Å²) >= 11 is 0. The smallest absolute Gasteiger partial charge is 0.294 e. The number of hydrogen-bond donors (Lipinski definition) is 1. The zero-order chi connectivity index (χ0) is 16.2. The molecule has 1 amide bonds. The van der Waals surface area contributed by atoms with Gasteiger partial charge in [-0.05, 0) is 24.3 Å². The number of carbonyl (C=O) groups excluding carboxylic acids is 2. The van der Waals surface area contributed by atoms with Crippen LogP contribution in [0.3, 0.4) is 0 Å². The van der Waals surface area contributed by atoms with Gasteiger partial charge >= 0.3 is 0 Å². The van der Waals surface area contributed by atoms with Crippen LogP contribution in [0.4, 0.5) is 5.69 Å². The maximum atomic E-state index is 12.3. The molecule has 0 saturated carbocycles. The van der Waals surface area contributed by atoms with Crippen LogP contribution in [-0.2, 0) is 21.3 Å². The van der Waals surface area contributed by atoms with Crippen molar-refractivity contribution in [2.75, 3.05) is 18.5 Å². The Balaban J connectivity index is 1.70. The molecular weight excluding hydrogens is 298 g/mol. The van der Waals surface area contributed by atoms with Crippen LogP contribution in [-0.4, -0.2) is 34.5 Å². The Hall–Kier alpha value is -3.09. The Bertz CT molecular complexity index is 762. The molecule has 3 rings (SSSR count). The molecule has 7 nitrogen and oxygen atoms in total. The van der Waals surface area contributed by atoms with Gasteiger partial charge in [-0.15, -0.1) is 0 Å². The highest BCUT2D eigenvalue weighted by molar-refractivity contribution is 6.07. The van der Waals surface area contributed by atoms with E-state index < -0.39 is 5.91 Å². The number of hydrogen-bond acceptors (Lipinski definition) is 5. The van der Waals surface area contributed by atoms with Crippen molar-refractivity contribution in [3.8, 4) is 0 Å². The number of aryl methyl sites for hydroxylation is 1. The van der Waals surface area contributed by atoms with Crippen molar-refractivity contribution < 1.29 is 19.1 Å². The molecule has 118 valence electrons. The number of benzene rings is 1. The lowest BCUT2D eigenvalue weighted by atomic mass is 10.1. The van der Waals surface area contributed by atoms with Crippen molar-refractivity contribution in [2.24, 2.45) is 7.05 Å². The monoisotopic (exact) mass is 313 g/mol. The van der Waals surface area contributed by atoms with E-state index in [1.807, 2.05) is 0 Å². The zero-order valence-corrected chi connectivity index (χ0v) is 12.5. The highest BCUT2D eigenvalue weighted by atomic mass is 16.6. The summed E-state index contributed by atoms with van der Waals surface area (Å²) in [6, 6.07) is 6.58. The molecule has 2 aromatic rings. The van der Waals surface area contributed by atoms with Crippen LogP contribution in [0.5, 0.6) is 0 Å². The van der Waals surface area contributed by atoms with Crippen LogP contribution < -0.4 is 5.32 Å². The minimum absolute atomic E-state index is 0.129. The summed E-state index contributed by atoms with van der Waals surface area (Å²) in [5, 5.41) is 2.68. The molecule has 0 aliphatic carbocycles. The quantitative estimate of drug-likeness (QED) is 0.865. The average molecular weight is 313 g/mol. The van der Waals surface area contributed by atoms with Gasteiger partial charge in [-0.1, -0.05) is 0 Å². The van der Waals surface area contributed by atoms with E-state index in [2.05, 4.69) is 10.3 Å². The summed E-state index contributed by atoms with van der Waals surface area (Å²) < 4.78 is 11.9. The van der Waals surface area contributed by atoms with Crippen molar-refractivity contribution in [1.82, 2.24) is 9.55 Å². The van der Waals surface area contributed by atoms with Crippen molar-refractivity contribution in [3.05, 3.63) is 60.1 Å². The Morgan fingerprint density at radius 2 is 2.00 bits per heavy atom. The van der Waals surface area contributed by atoms with Crippen LogP contribution in [0.15, 0.2) is 48.7 Å². The lowest BCUT2D eigenvalue weighted by Gasteiger charge is -2.15. The maximum absolute atomic E-state index is 12.3. The van der Waals surface area contributed by atoms with E-state index in [4.69, 9.17) is 9.47 Å². The molecule has 0 spiro atoms. The minimum atomic E-state index is -0.395. The maximum Gasteiger partial charge on any atom is 0.294 e. The first kappa shape index (κ1) is 14.8. The highest BCUT2D eigenvalue weighted by Crippen LogP contribution is 2.14. The summed E-state index contributed by atoms with van der Waals surface area (Å²) in [6.07, 6.45) is 4.57. The third-order valence-electron chi connectivity index (χ3n) is 3.30. The van der Waals surface area contributed by atoms with Crippen LogP contribution in [0.25, 0.3) is 0 Å². The van der Waals surface area contributed by atoms with E-state index in [0.29, 0.717) is 30.3 Å². The van der Waals surface area contributed by atoms with Crippen LogP contribution in [0, 0.1) is 0 Å². The van der Waals surface area contributed by atoms with Crippen molar-refractivity contribution >= 4 is 17.4 Å². The molecular formula is C16H15N3O4. The molecule has 1 aromatic heterocycles. The Morgan fingerprint density at radius 1 is 1.22 bits per heavy atom. The van der Waals surface area contributed by atoms with E-state index in [1.165, 1.54) is 6.26 Å². The number of nitrogens with one attached hydrogen (secondary N) is 1. The zero-order valence-electron chi connectivity index (χ0n) is 12.5. The molecule has 2 heterocycles. The molecule has 0 fully saturated rings. The van der Waals surface area contributed by atoms with Gasteiger partial charge in [0.15, 0.2) is 5.82 Å². The van der Waals surface area contributed by atoms with Gasteiger partial charge < -0.3 is 19.4 Å². The van der Waals surface area contributed by atoms with Crippen molar-refractivity contribution in [3.63, 3.8) is 0 Å². The van der Waals surface area contributed by atoms with E-state index in [0.717, 1.165) is 0 Å². The summed E-state index contributed by atoms with van der Waals surface area (Å²) in [5.41, 5.74) is 1.05. The largest absolute Gasteiger partial charge is 0.494 e. The highest BCUT2D eigenvalue weighted by Gasteiger charge is 2.16. The minimum Gasteiger partial charge on any atom is -0.494 e. The third-order valence-corrected chi connectivity index (χ3v) is 3.30. The van der Waals surface area contributed by atoms with Crippen LogP contribution >= 0.6 is 0 Å². The van der Waals surface area contributed by atoms with Gasteiger partial charge in [-0.2, -0.15) is 0 Å². The number of nitrogens with zero attached hydrogens (tertiary/aromatic N) is 2. The summed E-state index contributed by atoms with van der Waals surface area (Å²) in [7, 11) is 1.76. The number of aromatic nitrogens is 2. The Morgan fingerprint density at radius 3 is 2.61 bits per heavy atom. The SMILES string of the molecule is Cn1ccnc1C(=O)c1ccc(NC(=O)C2=COCCO2)cc1. The summed E-state index contributed by atoms with van der Waals surface area (Å²) in [4.78, 5) is 28.3. The number of amides is 1. The summed E-state index contributed by atoms with van der Waals surface area (Å²) in [6.45, 7) is 0.775. The van der Waals surface area contributed by atoms with E-state index in [9.17, 15) is 9.59 Å². The molecule has 0 saturated heterocycles. The number of imidazole rings is 1. The van der Waals surface area contributed by atoms with Crippen molar-refractivity contribution in [2.45, 2.75) is 0 Å². The second kappa shape index (κ2) is 6.35. The number of rotatable bonds is 4. The number of anilines is 1. The average Bonchev–Trinajstić information content (AvgIpc) is 3.02. The number of carbonyl (C=O) groups is 2. The first-order valence-electron chi connectivity index (χ1n) is 7.03. The topological polar surface area (TPSA) is 82.5 Å². The number of ketones is 1. The molecule has 0 unspecified atom stereocenters. The fourth-order valence-corrected chi connectivity index (χ4v) is 2.10.